The molecule has 10 heteroatoms. The maximum absolute atomic E-state index is 13.3. The van der Waals surface area contributed by atoms with Gasteiger partial charge in [-0.1, -0.05) is 40.2 Å². The summed E-state index contributed by atoms with van der Waals surface area (Å²) in [6.45, 7) is 0.192. The van der Waals surface area contributed by atoms with E-state index in [9.17, 15) is 24.8 Å². The Morgan fingerprint density at radius 3 is 2.66 bits per heavy atom. The Bertz CT molecular complexity index is 1630. The zero-order valence-electron chi connectivity index (χ0n) is 20.2. The van der Waals surface area contributed by atoms with Crippen LogP contribution in [0.2, 0.25) is 0 Å². The van der Waals surface area contributed by atoms with Crippen LogP contribution >= 0.6 is 15.9 Å². The van der Waals surface area contributed by atoms with E-state index in [1.54, 1.807) is 25.3 Å². The van der Waals surface area contributed by atoms with Crippen LogP contribution in [0.1, 0.15) is 22.7 Å². The van der Waals surface area contributed by atoms with Gasteiger partial charge in [0.05, 0.1) is 23.6 Å². The summed E-state index contributed by atoms with van der Waals surface area (Å²) < 4.78 is 6.08. The lowest BCUT2D eigenvalue weighted by Gasteiger charge is -2.25. The van der Waals surface area contributed by atoms with Gasteiger partial charge in [-0.25, -0.2) is 0 Å². The first-order valence-electron chi connectivity index (χ1n) is 11.7. The molecule has 0 radical (unpaired) electrons. The van der Waals surface area contributed by atoms with Gasteiger partial charge in [0, 0.05) is 45.8 Å². The molecule has 192 valence electrons. The number of likely N-dealkylation sites (tertiary alicyclic amines) is 1. The van der Waals surface area contributed by atoms with Crippen LogP contribution in [-0.4, -0.2) is 45.3 Å². The minimum absolute atomic E-state index is 0.0842. The molecule has 4 aromatic rings. The van der Waals surface area contributed by atoms with Crippen LogP contribution in [0.5, 0.6) is 5.75 Å². The van der Waals surface area contributed by atoms with Crippen molar-refractivity contribution in [3.8, 4) is 5.75 Å². The number of rotatable bonds is 7. The molecule has 1 atom stereocenters. The summed E-state index contributed by atoms with van der Waals surface area (Å²) in [4.78, 5) is 41.9. The van der Waals surface area contributed by atoms with E-state index < -0.39 is 28.4 Å². The van der Waals surface area contributed by atoms with E-state index in [1.165, 1.54) is 29.2 Å². The number of methoxy groups -OCH3 is 1. The molecule has 2 N–H and O–H groups in total. The number of aliphatic hydroxyl groups excluding tert-OH is 1. The lowest BCUT2D eigenvalue weighted by Crippen LogP contribution is -2.31. The van der Waals surface area contributed by atoms with Gasteiger partial charge in [0.25, 0.3) is 17.4 Å². The standard InChI is InChI=1S/C28H22BrN3O6/c1-38-21-8-9-23-22(14-21)18(15-30-23)10-11-31-25(16-4-2-6-19(29)12-16)24(27(34)28(31)35)26(33)17-5-3-7-20(13-17)32(36)37/h2-9,12-15,25,30,33H,10-11H2,1H3/t25-/m0/s1. The number of nitro groups is 1. The summed E-state index contributed by atoms with van der Waals surface area (Å²) in [5.41, 5.74) is 2.20. The third-order valence-corrected chi connectivity index (χ3v) is 7.12. The molecule has 0 unspecified atom stereocenters. The number of nitrogens with one attached hydrogen (secondary N) is 1. The first-order valence-corrected chi connectivity index (χ1v) is 12.5. The fourth-order valence-electron chi connectivity index (χ4n) is 4.79. The van der Waals surface area contributed by atoms with Gasteiger partial charge >= 0.3 is 0 Å². The second-order valence-corrected chi connectivity index (χ2v) is 9.75. The van der Waals surface area contributed by atoms with Crippen LogP contribution in [0.4, 0.5) is 5.69 Å². The highest BCUT2D eigenvalue weighted by Gasteiger charge is 2.46. The summed E-state index contributed by atoms with van der Waals surface area (Å²) in [6.07, 6.45) is 2.29. The topological polar surface area (TPSA) is 126 Å². The number of benzene rings is 3. The number of non-ortho nitro benzene ring substituents is 1. The number of nitro benzene ring substituents is 1. The molecule has 9 nitrogen and oxygen atoms in total. The molecule has 0 saturated carbocycles. The van der Waals surface area contributed by atoms with Gasteiger partial charge in [0.15, 0.2) is 0 Å². The lowest BCUT2D eigenvalue weighted by atomic mass is 9.95. The minimum Gasteiger partial charge on any atom is -0.507 e. The number of nitrogens with zero attached hydrogens (tertiary/aromatic N) is 2. The Balaban J connectivity index is 1.57. The maximum atomic E-state index is 13.3. The molecule has 3 aromatic carbocycles. The number of aromatic nitrogens is 1. The Labute approximate surface area is 225 Å². The Kier molecular flexibility index (Phi) is 6.73. The van der Waals surface area contributed by atoms with E-state index >= 15 is 0 Å². The van der Waals surface area contributed by atoms with Gasteiger partial charge in [0.1, 0.15) is 11.5 Å². The number of aromatic amines is 1. The Morgan fingerprint density at radius 1 is 1.13 bits per heavy atom. The van der Waals surface area contributed by atoms with Crippen molar-refractivity contribution in [2.24, 2.45) is 0 Å². The van der Waals surface area contributed by atoms with E-state index in [4.69, 9.17) is 4.74 Å². The van der Waals surface area contributed by atoms with Crippen molar-refractivity contribution in [2.45, 2.75) is 12.5 Å². The van der Waals surface area contributed by atoms with Crippen molar-refractivity contribution in [2.75, 3.05) is 13.7 Å². The number of H-pyrrole nitrogens is 1. The molecule has 1 aromatic heterocycles. The smallest absolute Gasteiger partial charge is 0.295 e. The number of hydrogen-bond donors (Lipinski definition) is 2. The molecule has 2 heterocycles. The second kappa shape index (κ2) is 10.1. The molecule has 1 amide bonds. The predicted molar refractivity (Wildman–Crippen MR) is 145 cm³/mol. The predicted octanol–water partition coefficient (Wildman–Crippen LogP) is 5.51. The zero-order valence-corrected chi connectivity index (χ0v) is 21.8. The van der Waals surface area contributed by atoms with Gasteiger partial charge in [-0.05, 0) is 47.9 Å². The third-order valence-electron chi connectivity index (χ3n) is 6.63. The Hall–Kier alpha value is -4.44. The molecule has 1 aliphatic rings. The maximum Gasteiger partial charge on any atom is 0.295 e. The molecule has 38 heavy (non-hydrogen) atoms. The fraction of sp³-hybridized carbons (Fsp3) is 0.143. The first kappa shape index (κ1) is 25.2. The number of halogens is 1. The molecular formula is C28H22BrN3O6. The summed E-state index contributed by atoms with van der Waals surface area (Å²) in [6, 6.07) is 17.3. The largest absolute Gasteiger partial charge is 0.507 e. The summed E-state index contributed by atoms with van der Waals surface area (Å²) in [5, 5.41) is 23.4. The summed E-state index contributed by atoms with van der Waals surface area (Å²) in [5.74, 6) is -1.36. The number of ether oxygens (including phenoxy) is 1. The van der Waals surface area contributed by atoms with Crippen LogP contribution in [0, 0.1) is 10.1 Å². The second-order valence-electron chi connectivity index (χ2n) is 8.83. The van der Waals surface area contributed by atoms with Gasteiger partial charge in [-0.2, -0.15) is 0 Å². The molecule has 0 bridgehead atoms. The van der Waals surface area contributed by atoms with Gasteiger partial charge in [0.2, 0.25) is 0 Å². The van der Waals surface area contributed by atoms with Crippen LogP contribution in [0.3, 0.4) is 0 Å². The summed E-state index contributed by atoms with van der Waals surface area (Å²) in [7, 11) is 1.59. The van der Waals surface area contributed by atoms with Crippen LogP contribution in [0.15, 0.2) is 83.0 Å². The van der Waals surface area contributed by atoms with Crippen molar-refractivity contribution in [1.29, 1.82) is 0 Å². The molecular weight excluding hydrogens is 554 g/mol. The molecule has 0 spiro atoms. The zero-order chi connectivity index (χ0) is 27.0. The number of carbonyl (C=O) groups is 2. The SMILES string of the molecule is COc1ccc2[nH]cc(CCN3C(=O)C(=O)C(=C(O)c4cccc([N+](=O)[O-])c4)[C@@H]3c3cccc(Br)c3)c2c1. The molecule has 1 fully saturated rings. The monoisotopic (exact) mass is 575 g/mol. The van der Waals surface area contributed by atoms with Gasteiger partial charge in [-0.3, -0.25) is 19.7 Å². The number of ketones is 1. The number of aliphatic hydroxyl groups is 1. The highest BCUT2D eigenvalue weighted by Crippen LogP contribution is 2.40. The minimum atomic E-state index is -0.883. The number of hydrogen-bond acceptors (Lipinski definition) is 6. The normalized spacial score (nSPS) is 16.8. The number of Topliss-reactive ketones (excluding diaryl/α,β-unsaturated/α-hetero) is 1. The fourth-order valence-corrected chi connectivity index (χ4v) is 5.21. The van der Waals surface area contributed by atoms with Crippen molar-refractivity contribution >= 4 is 50.0 Å². The molecule has 1 aliphatic heterocycles. The van der Waals surface area contributed by atoms with Gasteiger partial charge < -0.3 is 19.7 Å². The van der Waals surface area contributed by atoms with E-state index in [2.05, 4.69) is 20.9 Å². The molecule has 5 rings (SSSR count). The van der Waals surface area contributed by atoms with E-state index in [1.807, 2.05) is 30.5 Å². The van der Waals surface area contributed by atoms with E-state index in [0.717, 1.165) is 20.9 Å². The quantitative estimate of drug-likeness (QED) is 0.0983. The van der Waals surface area contributed by atoms with Crippen LogP contribution < -0.4 is 4.74 Å². The number of fused-ring (bicyclic) bond motifs is 1. The lowest BCUT2D eigenvalue weighted by molar-refractivity contribution is -0.384. The highest BCUT2D eigenvalue weighted by atomic mass is 79.9. The first-order chi connectivity index (χ1) is 18.3. The molecule has 1 saturated heterocycles. The summed E-state index contributed by atoms with van der Waals surface area (Å²) >= 11 is 3.44. The van der Waals surface area contributed by atoms with E-state index in [0.29, 0.717) is 17.7 Å². The Morgan fingerprint density at radius 2 is 1.92 bits per heavy atom. The van der Waals surface area contributed by atoms with Crippen molar-refractivity contribution < 1.29 is 24.4 Å². The average molecular weight is 576 g/mol. The average Bonchev–Trinajstić information content (AvgIpc) is 3.44. The van der Waals surface area contributed by atoms with Crippen LogP contribution in [0.25, 0.3) is 16.7 Å². The third kappa shape index (κ3) is 4.54. The number of amides is 1. The van der Waals surface area contributed by atoms with Crippen molar-refractivity contribution in [3.05, 3.63) is 110 Å². The number of carbonyl (C=O) groups excluding carboxylic acids is 2. The van der Waals surface area contributed by atoms with E-state index in [-0.39, 0.29) is 23.4 Å². The van der Waals surface area contributed by atoms with Gasteiger partial charge in [-0.15, -0.1) is 0 Å². The van der Waals surface area contributed by atoms with Crippen molar-refractivity contribution in [3.63, 3.8) is 0 Å². The highest BCUT2D eigenvalue weighted by molar-refractivity contribution is 9.10. The van der Waals surface area contributed by atoms with Crippen LogP contribution in [-0.2, 0) is 16.0 Å². The van der Waals surface area contributed by atoms with Crippen molar-refractivity contribution in [1.82, 2.24) is 9.88 Å². The molecule has 0 aliphatic carbocycles.